The number of ether oxygens (including phenoxy) is 1. The van der Waals surface area contributed by atoms with Crippen LogP contribution in [0.15, 0.2) is 60.8 Å². The van der Waals surface area contributed by atoms with Crippen molar-refractivity contribution >= 4 is 28.6 Å². The van der Waals surface area contributed by atoms with Gasteiger partial charge in [-0.1, -0.05) is 18.2 Å². The van der Waals surface area contributed by atoms with Crippen LogP contribution in [-0.4, -0.2) is 30.1 Å². The Bertz CT molecular complexity index is 1000. The quantitative estimate of drug-likeness (QED) is 0.720. The third-order valence-electron chi connectivity index (χ3n) is 4.64. The van der Waals surface area contributed by atoms with Gasteiger partial charge >= 0.3 is 12.0 Å². The predicted molar refractivity (Wildman–Crippen MR) is 103 cm³/mol. The lowest BCUT2D eigenvalue weighted by Gasteiger charge is -2.16. The molecule has 2 amide bonds. The summed E-state index contributed by atoms with van der Waals surface area (Å²) >= 11 is 0. The molecule has 1 aliphatic rings. The summed E-state index contributed by atoms with van der Waals surface area (Å²) in [5.74, 6) is -0.409. The molecule has 6 nitrogen and oxygen atoms in total. The smallest absolute Gasteiger partial charge is 0.338 e. The minimum absolute atomic E-state index is 0.122. The topological polar surface area (TPSA) is 71.5 Å². The average molecular weight is 361 g/mol. The minimum Gasteiger partial charge on any atom is -0.454 e. The normalized spacial score (nSPS) is 14.9. The molecular weight excluding hydrogens is 342 g/mol. The zero-order chi connectivity index (χ0) is 18.8. The first-order valence-corrected chi connectivity index (χ1v) is 8.83. The SMILES string of the molecule is C[C@@H](OC(=O)c1ccc(N2CCNC2=O)cc1)c1cnc2ccccc2c1. The van der Waals surface area contributed by atoms with Gasteiger partial charge in [-0.25, -0.2) is 9.59 Å². The third-order valence-corrected chi connectivity index (χ3v) is 4.64. The zero-order valence-electron chi connectivity index (χ0n) is 14.9. The molecule has 2 aromatic carbocycles. The van der Waals surface area contributed by atoms with E-state index in [0.717, 1.165) is 22.2 Å². The fourth-order valence-electron chi connectivity index (χ4n) is 3.10. The maximum Gasteiger partial charge on any atom is 0.338 e. The maximum atomic E-state index is 12.5. The maximum absolute atomic E-state index is 12.5. The number of esters is 1. The Morgan fingerprint density at radius 3 is 2.70 bits per heavy atom. The van der Waals surface area contributed by atoms with E-state index in [2.05, 4.69) is 10.3 Å². The largest absolute Gasteiger partial charge is 0.454 e. The Balaban J connectivity index is 1.46. The molecule has 1 saturated heterocycles. The van der Waals surface area contributed by atoms with E-state index in [1.807, 2.05) is 37.3 Å². The number of anilines is 1. The molecule has 0 saturated carbocycles. The summed E-state index contributed by atoms with van der Waals surface area (Å²) in [6, 6.07) is 16.5. The molecule has 4 rings (SSSR count). The van der Waals surface area contributed by atoms with Crippen LogP contribution in [0.5, 0.6) is 0 Å². The molecule has 0 aliphatic carbocycles. The van der Waals surface area contributed by atoms with Gasteiger partial charge in [-0.05, 0) is 43.3 Å². The molecule has 1 aromatic heterocycles. The second kappa shape index (κ2) is 7.07. The van der Waals surface area contributed by atoms with Crippen molar-refractivity contribution in [2.75, 3.05) is 18.0 Å². The van der Waals surface area contributed by atoms with E-state index in [1.165, 1.54) is 0 Å². The Hall–Kier alpha value is -3.41. The molecular formula is C21H19N3O3. The van der Waals surface area contributed by atoms with Crippen LogP contribution in [0.4, 0.5) is 10.5 Å². The van der Waals surface area contributed by atoms with Crippen LogP contribution in [-0.2, 0) is 4.74 Å². The molecule has 6 heteroatoms. The minimum atomic E-state index is -0.418. The lowest BCUT2D eigenvalue weighted by Crippen LogP contribution is -2.27. The van der Waals surface area contributed by atoms with Crippen molar-refractivity contribution in [2.24, 2.45) is 0 Å². The van der Waals surface area contributed by atoms with Crippen molar-refractivity contribution < 1.29 is 14.3 Å². The van der Waals surface area contributed by atoms with Crippen molar-refractivity contribution in [3.05, 3.63) is 71.9 Å². The van der Waals surface area contributed by atoms with Gasteiger partial charge in [0.05, 0.1) is 11.1 Å². The highest BCUT2D eigenvalue weighted by Crippen LogP contribution is 2.23. The summed E-state index contributed by atoms with van der Waals surface area (Å²) in [5.41, 5.74) is 2.95. The molecule has 0 bridgehead atoms. The summed E-state index contributed by atoms with van der Waals surface area (Å²) in [5, 5.41) is 3.76. The van der Waals surface area contributed by atoms with Gasteiger partial charge in [-0.3, -0.25) is 9.88 Å². The second-order valence-corrected chi connectivity index (χ2v) is 6.44. The number of carbonyl (C=O) groups excluding carboxylic acids is 2. The van der Waals surface area contributed by atoms with Gasteiger partial charge in [0.25, 0.3) is 0 Å². The molecule has 136 valence electrons. The van der Waals surface area contributed by atoms with Crippen LogP contribution in [0.1, 0.15) is 28.9 Å². The van der Waals surface area contributed by atoms with Crippen LogP contribution in [0, 0.1) is 0 Å². The summed E-state index contributed by atoms with van der Waals surface area (Å²) < 4.78 is 5.59. The van der Waals surface area contributed by atoms with E-state index in [-0.39, 0.29) is 6.03 Å². The number of para-hydroxylation sites is 1. The monoisotopic (exact) mass is 361 g/mol. The predicted octanol–water partition coefficient (Wildman–Crippen LogP) is 3.68. The van der Waals surface area contributed by atoms with Crippen LogP contribution >= 0.6 is 0 Å². The van der Waals surface area contributed by atoms with Crippen molar-refractivity contribution in [2.45, 2.75) is 13.0 Å². The van der Waals surface area contributed by atoms with Gasteiger partial charge in [0.15, 0.2) is 0 Å². The first kappa shape index (κ1) is 17.0. The highest BCUT2D eigenvalue weighted by molar-refractivity contribution is 5.95. The molecule has 2 heterocycles. The standard InChI is InChI=1S/C21H19N3O3/c1-14(17-12-16-4-2-3-5-19(16)23-13-17)27-20(25)15-6-8-18(9-7-15)24-11-10-22-21(24)26/h2-9,12-14H,10-11H2,1H3,(H,22,26)/t14-/m1/s1. The number of nitrogens with one attached hydrogen (secondary N) is 1. The van der Waals surface area contributed by atoms with Gasteiger partial charge < -0.3 is 10.1 Å². The molecule has 1 fully saturated rings. The zero-order valence-corrected chi connectivity index (χ0v) is 14.9. The number of amides is 2. The van der Waals surface area contributed by atoms with Crippen molar-refractivity contribution in [1.29, 1.82) is 0 Å². The van der Waals surface area contributed by atoms with E-state index < -0.39 is 12.1 Å². The third kappa shape index (κ3) is 3.46. The fourth-order valence-corrected chi connectivity index (χ4v) is 3.10. The molecule has 1 aliphatic heterocycles. The number of hydrogen-bond acceptors (Lipinski definition) is 4. The Kier molecular flexibility index (Phi) is 4.46. The molecule has 0 unspecified atom stereocenters. The summed E-state index contributed by atoms with van der Waals surface area (Å²) in [4.78, 5) is 30.2. The fraction of sp³-hybridized carbons (Fsp3) is 0.190. The number of benzene rings is 2. The first-order valence-electron chi connectivity index (χ1n) is 8.83. The number of urea groups is 1. The van der Waals surface area contributed by atoms with E-state index in [9.17, 15) is 9.59 Å². The highest BCUT2D eigenvalue weighted by Gasteiger charge is 2.21. The number of hydrogen-bond donors (Lipinski definition) is 1. The van der Waals surface area contributed by atoms with E-state index in [1.54, 1.807) is 35.4 Å². The lowest BCUT2D eigenvalue weighted by atomic mass is 10.1. The van der Waals surface area contributed by atoms with Crippen molar-refractivity contribution in [3.63, 3.8) is 0 Å². The number of rotatable bonds is 4. The van der Waals surface area contributed by atoms with Gasteiger partial charge in [-0.15, -0.1) is 0 Å². The number of fused-ring (bicyclic) bond motifs is 1. The van der Waals surface area contributed by atoms with Gasteiger partial charge in [0, 0.05) is 35.9 Å². The summed E-state index contributed by atoms with van der Waals surface area (Å²) in [7, 11) is 0. The summed E-state index contributed by atoms with van der Waals surface area (Å²) in [6.45, 7) is 3.07. The van der Waals surface area contributed by atoms with Gasteiger partial charge in [-0.2, -0.15) is 0 Å². The first-order chi connectivity index (χ1) is 13.1. The average Bonchev–Trinajstić information content (AvgIpc) is 3.13. The van der Waals surface area contributed by atoms with Gasteiger partial charge in [0.2, 0.25) is 0 Å². The Morgan fingerprint density at radius 1 is 1.19 bits per heavy atom. The van der Waals surface area contributed by atoms with Crippen LogP contribution in [0.3, 0.4) is 0 Å². The molecule has 1 N–H and O–H groups in total. The number of nitrogens with zero attached hydrogens (tertiary/aromatic N) is 2. The number of aromatic nitrogens is 1. The van der Waals surface area contributed by atoms with Crippen LogP contribution in [0.25, 0.3) is 10.9 Å². The Morgan fingerprint density at radius 2 is 1.96 bits per heavy atom. The molecule has 0 radical (unpaired) electrons. The van der Waals surface area contributed by atoms with E-state index in [0.29, 0.717) is 18.7 Å². The van der Waals surface area contributed by atoms with E-state index >= 15 is 0 Å². The van der Waals surface area contributed by atoms with Crippen molar-refractivity contribution in [3.8, 4) is 0 Å². The molecule has 1 atom stereocenters. The summed E-state index contributed by atoms with van der Waals surface area (Å²) in [6.07, 6.45) is 1.31. The van der Waals surface area contributed by atoms with Crippen molar-refractivity contribution in [1.82, 2.24) is 10.3 Å². The lowest BCUT2D eigenvalue weighted by molar-refractivity contribution is 0.0337. The van der Waals surface area contributed by atoms with Crippen LogP contribution in [0.2, 0.25) is 0 Å². The molecule has 0 spiro atoms. The molecule has 27 heavy (non-hydrogen) atoms. The molecule has 3 aromatic rings. The second-order valence-electron chi connectivity index (χ2n) is 6.44. The van der Waals surface area contributed by atoms with Gasteiger partial charge in [0.1, 0.15) is 6.10 Å². The number of pyridine rings is 1. The van der Waals surface area contributed by atoms with Crippen LogP contribution < -0.4 is 10.2 Å². The Labute approximate surface area is 156 Å². The van der Waals surface area contributed by atoms with E-state index in [4.69, 9.17) is 4.74 Å². The highest BCUT2D eigenvalue weighted by atomic mass is 16.5. The number of carbonyl (C=O) groups is 2.